The maximum absolute atomic E-state index is 12.8. The van der Waals surface area contributed by atoms with Crippen molar-refractivity contribution in [3.63, 3.8) is 0 Å². The summed E-state index contributed by atoms with van der Waals surface area (Å²) in [5.41, 5.74) is 0.408. The lowest BCUT2D eigenvalue weighted by atomic mass is 10.2. The first-order valence-electron chi connectivity index (χ1n) is 9.54. The molecule has 0 radical (unpaired) electrons. The molecule has 2 aliphatic heterocycles. The zero-order valence-electron chi connectivity index (χ0n) is 16.1. The molecule has 8 nitrogen and oxygen atoms in total. The lowest BCUT2D eigenvalue weighted by molar-refractivity contribution is 0.0764. The lowest BCUT2D eigenvalue weighted by Gasteiger charge is -2.26. The first-order valence-corrected chi connectivity index (χ1v) is 12.8. The van der Waals surface area contributed by atoms with E-state index in [1.807, 2.05) is 0 Å². The number of nitrogens with zero attached hydrogens (tertiary/aromatic N) is 3. The van der Waals surface area contributed by atoms with E-state index in [2.05, 4.69) is 0 Å². The number of carbonyl (C=O) groups excluding carboxylic acids is 1. The molecule has 1 amide bonds. The van der Waals surface area contributed by atoms with Crippen molar-refractivity contribution in [1.29, 1.82) is 0 Å². The van der Waals surface area contributed by atoms with Gasteiger partial charge in [0.2, 0.25) is 20.0 Å². The zero-order valence-corrected chi connectivity index (χ0v) is 17.7. The predicted octanol–water partition coefficient (Wildman–Crippen LogP) is 0.969. The zero-order chi connectivity index (χ0) is 20.4. The summed E-state index contributed by atoms with van der Waals surface area (Å²) in [5.74, 6) is -0.211. The van der Waals surface area contributed by atoms with E-state index >= 15 is 0 Å². The summed E-state index contributed by atoms with van der Waals surface area (Å²) in [6.07, 6.45) is 4.53. The third-order valence-corrected chi connectivity index (χ3v) is 8.48. The second kappa shape index (κ2) is 8.48. The standard InChI is InChI=1S/C18H27N3O5S2/c1-27(23,24)20-13-5-10-19(14-15-20)18(22)16-6-8-17(9-7-16)28(25,26)21-11-3-2-4-12-21/h6-9H,2-5,10-15H2,1H3. The molecule has 0 aliphatic carbocycles. The molecule has 1 aromatic carbocycles. The molecule has 2 aliphatic rings. The summed E-state index contributed by atoms with van der Waals surface area (Å²) in [6.45, 7) is 2.53. The molecule has 0 N–H and O–H groups in total. The van der Waals surface area contributed by atoms with Gasteiger partial charge < -0.3 is 4.90 Å². The van der Waals surface area contributed by atoms with Crippen molar-refractivity contribution in [3.05, 3.63) is 29.8 Å². The van der Waals surface area contributed by atoms with E-state index in [1.165, 1.54) is 27.0 Å². The average molecular weight is 430 g/mol. The number of carbonyl (C=O) groups is 1. The van der Waals surface area contributed by atoms with Gasteiger partial charge in [-0.15, -0.1) is 0 Å². The molecule has 0 spiro atoms. The van der Waals surface area contributed by atoms with E-state index in [9.17, 15) is 21.6 Å². The van der Waals surface area contributed by atoms with Gasteiger partial charge in [-0.2, -0.15) is 4.31 Å². The Labute approximate surface area is 167 Å². The van der Waals surface area contributed by atoms with Gasteiger partial charge in [-0.3, -0.25) is 4.79 Å². The Bertz CT molecular complexity index is 907. The maximum atomic E-state index is 12.8. The predicted molar refractivity (Wildman–Crippen MR) is 106 cm³/mol. The summed E-state index contributed by atoms with van der Waals surface area (Å²) >= 11 is 0. The molecule has 0 unspecified atom stereocenters. The second-order valence-corrected chi connectivity index (χ2v) is 11.2. The quantitative estimate of drug-likeness (QED) is 0.711. The number of benzene rings is 1. The van der Waals surface area contributed by atoms with Crippen LogP contribution in [-0.2, 0) is 20.0 Å². The number of hydrogen-bond donors (Lipinski definition) is 0. The molecule has 3 rings (SSSR count). The van der Waals surface area contributed by atoms with Crippen LogP contribution in [0.25, 0.3) is 0 Å². The van der Waals surface area contributed by atoms with Gasteiger partial charge in [-0.1, -0.05) is 6.42 Å². The van der Waals surface area contributed by atoms with Gasteiger partial charge >= 0.3 is 0 Å². The van der Waals surface area contributed by atoms with Crippen LogP contribution < -0.4 is 0 Å². The van der Waals surface area contributed by atoms with Crippen molar-refractivity contribution in [2.24, 2.45) is 0 Å². The van der Waals surface area contributed by atoms with Gasteiger partial charge in [0.05, 0.1) is 11.2 Å². The molecular weight excluding hydrogens is 402 g/mol. The third-order valence-electron chi connectivity index (χ3n) is 5.27. The maximum Gasteiger partial charge on any atom is 0.253 e. The van der Waals surface area contributed by atoms with E-state index < -0.39 is 20.0 Å². The minimum atomic E-state index is -3.52. The fourth-order valence-electron chi connectivity index (χ4n) is 3.63. The molecule has 0 aromatic heterocycles. The van der Waals surface area contributed by atoms with E-state index in [4.69, 9.17) is 0 Å². The highest BCUT2D eigenvalue weighted by molar-refractivity contribution is 7.89. The van der Waals surface area contributed by atoms with Gasteiger partial charge in [0.15, 0.2) is 0 Å². The molecule has 2 fully saturated rings. The molecule has 0 atom stereocenters. The van der Waals surface area contributed by atoms with Gasteiger partial charge in [0, 0.05) is 44.8 Å². The van der Waals surface area contributed by atoms with E-state index in [1.54, 1.807) is 17.0 Å². The molecule has 28 heavy (non-hydrogen) atoms. The van der Waals surface area contributed by atoms with Crippen LogP contribution in [0.5, 0.6) is 0 Å². The van der Waals surface area contributed by atoms with Crippen LogP contribution in [0.3, 0.4) is 0 Å². The highest BCUT2D eigenvalue weighted by atomic mass is 32.2. The molecule has 0 bridgehead atoms. The van der Waals surface area contributed by atoms with Crippen molar-refractivity contribution in [1.82, 2.24) is 13.5 Å². The van der Waals surface area contributed by atoms with Crippen molar-refractivity contribution in [2.45, 2.75) is 30.6 Å². The first-order chi connectivity index (χ1) is 13.2. The molecule has 0 saturated carbocycles. The minimum absolute atomic E-state index is 0.199. The summed E-state index contributed by atoms with van der Waals surface area (Å²) in [6, 6.07) is 6.05. The summed E-state index contributed by atoms with van der Waals surface area (Å²) in [7, 11) is -6.80. The normalized spacial score (nSPS) is 20.7. The lowest BCUT2D eigenvalue weighted by Crippen LogP contribution is -2.37. The Balaban J connectivity index is 1.70. The second-order valence-electron chi connectivity index (χ2n) is 7.30. The van der Waals surface area contributed by atoms with Crippen molar-refractivity contribution < 1.29 is 21.6 Å². The van der Waals surface area contributed by atoms with Crippen LogP contribution in [0.4, 0.5) is 0 Å². The number of sulfonamides is 2. The molecule has 2 heterocycles. The van der Waals surface area contributed by atoms with Gasteiger partial charge in [0.25, 0.3) is 5.91 Å². The Hall–Kier alpha value is -1.49. The molecule has 156 valence electrons. The number of piperidine rings is 1. The highest BCUT2D eigenvalue weighted by Gasteiger charge is 2.27. The van der Waals surface area contributed by atoms with Crippen molar-refractivity contribution >= 4 is 26.0 Å². The third kappa shape index (κ3) is 4.73. The van der Waals surface area contributed by atoms with E-state index in [0.29, 0.717) is 44.7 Å². The van der Waals surface area contributed by atoms with Crippen LogP contribution in [0.1, 0.15) is 36.0 Å². The number of hydrogen-bond acceptors (Lipinski definition) is 5. The minimum Gasteiger partial charge on any atom is -0.337 e. The van der Waals surface area contributed by atoms with Gasteiger partial charge in [-0.05, 0) is 43.5 Å². The molecular formula is C18H27N3O5S2. The highest BCUT2D eigenvalue weighted by Crippen LogP contribution is 2.21. The number of amides is 1. The molecule has 2 saturated heterocycles. The fraction of sp³-hybridized carbons (Fsp3) is 0.611. The molecule has 1 aromatic rings. The monoisotopic (exact) mass is 429 g/mol. The molecule has 10 heteroatoms. The first kappa shape index (κ1) is 21.2. The Morgan fingerprint density at radius 3 is 1.96 bits per heavy atom. The Morgan fingerprint density at radius 1 is 0.750 bits per heavy atom. The van der Waals surface area contributed by atoms with E-state index in [-0.39, 0.29) is 17.3 Å². The van der Waals surface area contributed by atoms with Crippen LogP contribution >= 0.6 is 0 Å². The Morgan fingerprint density at radius 2 is 1.36 bits per heavy atom. The van der Waals surface area contributed by atoms with Crippen LogP contribution in [0, 0.1) is 0 Å². The topological polar surface area (TPSA) is 95.1 Å². The largest absolute Gasteiger partial charge is 0.337 e. The smallest absolute Gasteiger partial charge is 0.253 e. The van der Waals surface area contributed by atoms with E-state index in [0.717, 1.165) is 19.3 Å². The van der Waals surface area contributed by atoms with Crippen LogP contribution in [0.15, 0.2) is 29.2 Å². The van der Waals surface area contributed by atoms with Crippen LogP contribution in [-0.4, -0.2) is 81.8 Å². The van der Waals surface area contributed by atoms with Crippen molar-refractivity contribution in [3.8, 4) is 0 Å². The van der Waals surface area contributed by atoms with Gasteiger partial charge in [-0.25, -0.2) is 21.1 Å². The number of rotatable bonds is 4. The summed E-state index contributed by atoms with van der Waals surface area (Å²) in [4.78, 5) is 14.6. The van der Waals surface area contributed by atoms with Crippen LogP contribution in [0.2, 0.25) is 0 Å². The SMILES string of the molecule is CS(=O)(=O)N1CCCN(C(=O)c2ccc(S(=O)(=O)N3CCCCC3)cc2)CC1. The van der Waals surface area contributed by atoms with Gasteiger partial charge in [0.1, 0.15) is 0 Å². The summed E-state index contributed by atoms with van der Waals surface area (Å²) < 4.78 is 51.7. The van der Waals surface area contributed by atoms with Crippen molar-refractivity contribution in [2.75, 3.05) is 45.5 Å². The average Bonchev–Trinajstić information content (AvgIpc) is 2.94. The fourth-order valence-corrected chi connectivity index (χ4v) is 6.03. The Kier molecular flexibility index (Phi) is 6.43. The summed E-state index contributed by atoms with van der Waals surface area (Å²) in [5, 5.41) is 0.